The zero-order valence-electron chi connectivity index (χ0n) is 9.98. The number of piperidine rings is 1. The molecule has 0 aromatic rings. The highest BCUT2D eigenvalue weighted by Crippen LogP contribution is 2.10. The number of carbonyl (C=O) groups is 1. The van der Waals surface area contributed by atoms with Gasteiger partial charge in [0.15, 0.2) is 9.84 Å². The van der Waals surface area contributed by atoms with Crippen molar-refractivity contribution in [2.24, 2.45) is 0 Å². The van der Waals surface area contributed by atoms with Gasteiger partial charge in [0.2, 0.25) is 0 Å². The molecular formula is C10H20ClNO4S. The lowest BCUT2D eigenvalue weighted by Gasteiger charge is -2.23. The van der Waals surface area contributed by atoms with E-state index >= 15 is 0 Å². The Labute approximate surface area is 109 Å². The first-order chi connectivity index (χ1) is 7.53. The van der Waals surface area contributed by atoms with Gasteiger partial charge in [0.25, 0.3) is 0 Å². The number of hydrogen-bond donors (Lipinski definition) is 1. The van der Waals surface area contributed by atoms with Crippen molar-refractivity contribution in [1.29, 1.82) is 0 Å². The first kappa shape index (κ1) is 16.7. The first-order valence-electron chi connectivity index (χ1n) is 5.54. The fraction of sp³-hybridized carbons (Fsp3) is 0.900. The van der Waals surface area contributed by atoms with E-state index in [1.165, 1.54) is 7.11 Å². The average Bonchev–Trinajstić information content (AvgIpc) is 2.27. The summed E-state index contributed by atoms with van der Waals surface area (Å²) in [7, 11) is -1.89. The molecule has 1 heterocycles. The van der Waals surface area contributed by atoms with E-state index in [2.05, 4.69) is 10.1 Å². The number of carbonyl (C=O) groups excluding carboxylic acids is 1. The molecule has 1 saturated heterocycles. The van der Waals surface area contributed by atoms with Crippen molar-refractivity contribution in [3.8, 4) is 0 Å². The maximum Gasteiger partial charge on any atom is 0.306 e. The summed E-state index contributed by atoms with van der Waals surface area (Å²) in [6, 6.07) is 0.0522. The third-order valence-electron chi connectivity index (χ3n) is 2.71. The molecule has 1 rings (SSSR count). The van der Waals surface area contributed by atoms with Gasteiger partial charge in [-0.25, -0.2) is 8.42 Å². The van der Waals surface area contributed by atoms with Gasteiger partial charge in [-0.3, -0.25) is 4.79 Å². The largest absolute Gasteiger partial charge is 0.469 e. The number of hydrogen-bond acceptors (Lipinski definition) is 5. The van der Waals surface area contributed by atoms with Crippen LogP contribution in [-0.4, -0.2) is 45.6 Å². The van der Waals surface area contributed by atoms with Crippen LogP contribution in [0, 0.1) is 0 Å². The third kappa shape index (κ3) is 6.85. The Kier molecular flexibility index (Phi) is 7.74. The van der Waals surface area contributed by atoms with E-state index in [-0.39, 0.29) is 36.4 Å². The maximum absolute atomic E-state index is 11.7. The van der Waals surface area contributed by atoms with Crippen LogP contribution in [0.15, 0.2) is 0 Å². The molecular weight excluding hydrogens is 266 g/mol. The van der Waals surface area contributed by atoms with Gasteiger partial charge in [0, 0.05) is 6.04 Å². The lowest BCUT2D eigenvalue weighted by molar-refractivity contribution is -0.140. The van der Waals surface area contributed by atoms with Crippen LogP contribution in [0.5, 0.6) is 0 Å². The Morgan fingerprint density at radius 1 is 1.41 bits per heavy atom. The highest BCUT2D eigenvalue weighted by atomic mass is 35.5. The minimum Gasteiger partial charge on any atom is -0.469 e. The molecule has 102 valence electrons. The van der Waals surface area contributed by atoms with Crippen LogP contribution in [0.2, 0.25) is 0 Å². The topological polar surface area (TPSA) is 72.5 Å². The van der Waals surface area contributed by atoms with Crippen LogP contribution in [0.3, 0.4) is 0 Å². The highest BCUT2D eigenvalue weighted by molar-refractivity contribution is 7.91. The summed E-state index contributed by atoms with van der Waals surface area (Å²) in [6.07, 6.45) is 3.03. The van der Waals surface area contributed by atoms with Gasteiger partial charge in [0.05, 0.1) is 25.0 Å². The first-order valence-corrected chi connectivity index (χ1v) is 7.36. The molecule has 1 fully saturated rings. The van der Waals surface area contributed by atoms with Crippen LogP contribution in [-0.2, 0) is 19.4 Å². The van der Waals surface area contributed by atoms with E-state index in [1.807, 2.05) is 0 Å². The fourth-order valence-electron chi connectivity index (χ4n) is 1.80. The predicted octanol–water partition coefficient (Wildman–Crippen LogP) is 0.528. The van der Waals surface area contributed by atoms with Crippen molar-refractivity contribution in [2.75, 3.05) is 25.2 Å². The van der Waals surface area contributed by atoms with E-state index < -0.39 is 15.8 Å². The Bertz CT molecular complexity index is 325. The smallest absolute Gasteiger partial charge is 0.306 e. The molecule has 5 nitrogen and oxygen atoms in total. The normalized spacial score (nSPS) is 20.4. The van der Waals surface area contributed by atoms with Crippen molar-refractivity contribution in [3.05, 3.63) is 0 Å². The standard InChI is InChI=1S/C10H19NO4S.ClH/c1-15-10(12)5-7-16(13,14)8-9-4-2-3-6-11-9;/h9,11H,2-8H2,1H3;1H. The number of rotatable bonds is 5. The maximum atomic E-state index is 11.7. The Balaban J connectivity index is 0.00000256. The van der Waals surface area contributed by atoms with E-state index in [9.17, 15) is 13.2 Å². The molecule has 1 atom stereocenters. The number of methoxy groups -OCH3 is 1. The summed E-state index contributed by atoms with van der Waals surface area (Å²) in [4.78, 5) is 10.8. The van der Waals surface area contributed by atoms with Crippen LogP contribution in [0.4, 0.5) is 0 Å². The summed E-state index contributed by atoms with van der Waals surface area (Å²) in [5, 5.41) is 3.18. The molecule has 0 spiro atoms. The molecule has 0 bridgehead atoms. The molecule has 7 heteroatoms. The number of nitrogens with one attached hydrogen (secondary N) is 1. The van der Waals surface area contributed by atoms with E-state index in [1.54, 1.807) is 0 Å². The highest BCUT2D eigenvalue weighted by Gasteiger charge is 2.21. The summed E-state index contributed by atoms with van der Waals surface area (Å²) < 4.78 is 27.8. The van der Waals surface area contributed by atoms with Gasteiger partial charge in [-0.15, -0.1) is 12.4 Å². The molecule has 0 aromatic heterocycles. The second kappa shape index (κ2) is 7.89. The van der Waals surface area contributed by atoms with Crippen LogP contribution < -0.4 is 5.32 Å². The summed E-state index contributed by atoms with van der Waals surface area (Å²) in [5.41, 5.74) is 0. The van der Waals surface area contributed by atoms with Gasteiger partial charge in [0.1, 0.15) is 0 Å². The van der Waals surface area contributed by atoms with Crippen LogP contribution in [0.25, 0.3) is 0 Å². The van der Waals surface area contributed by atoms with Gasteiger partial charge in [-0.05, 0) is 19.4 Å². The lowest BCUT2D eigenvalue weighted by Crippen LogP contribution is -2.40. The van der Waals surface area contributed by atoms with Crippen molar-refractivity contribution >= 4 is 28.2 Å². The minimum atomic E-state index is -3.15. The van der Waals surface area contributed by atoms with Crippen molar-refractivity contribution in [1.82, 2.24) is 5.32 Å². The molecule has 1 aliphatic heterocycles. The summed E-state index contributed by atoms with van der Waals surface area (Å²) in [5.74, 6) is -0.456. The second-order valence-electron chi connectivity index (χ2n) is 4.09. The molecule has 0 radical (unpaired) electrons. The third-order valence-corrected chi connectivity index (χ3v) is 4.45. The molecule has 0 aliphatic carbocycles. The van der Waals surface area contributed by atoms with Gasteiger partial charge in [-0.2, -0.15) is 0 Å². The Morgan fingerprint density at radius 3 is 2.65 bits per heavy atom. The van der Waals surface area contributed by atoms with E-state index in [0.717, 1.165) is 25.8 Å². The number of ether oxygens (including phenoxy) is 1. The van der Waals surface area contributed by atoms with Gasteiger partial charge >= 0.3 is 5.97 Å². The van der Waals surface area contributed by atoms with E-state index in [4.69, 9.17) is 0 Å². The van der Waals surface area contributed by atoms with Crippen molar-refractivity contribution < 1.29 is 17.9 Å². The molecule has 17 heavy (non-hydrogen) atoms. The van der Waals surface area contributed by atoms with E-state index in [0.29, 0.717) is 0 Å². The zero-order valence-corrected chi connectivity index (χ0v) is 11.6. The SMILES string of the molecule is COC(=O)CCS(=O)(=O)CC1CCCCN1.Cl. The molecule has 1 unspecified atom stereocenters. The quantitative estimate of drug-likeness (QED) is 0.746. The Hall–Kier alpha value is -0.330. The monoisotopic (exact) mass is 285 g/mol. The average molecular weight is 286 g/mol. The Morgan fingerprint density at radius 2 is 2.12 bits per heavy atom. The number of sulfone groups is 1. The number of esters is 1. The van der Waals surface area contributed by atoms with Crippen molar-refractivity contribution in [3.63, 3.8) is 0 Å². The molecule has 0 saturated carbocycles. The van der Waals surface area contributed by atoms with Crippen LogP contribution >= 0.6 is 12.4 Å². The molecule has 0 amide bonds. The minimum absolute atomic E-state index is 0. The fourth-order valence-corrected chi connectivity index (χ4v) is 3.34. The number of halogens is 1. The summed E-state index contributed by atoms with van der Waals surface area (Å²) in [6.45, 7) is 0.886. The second-order valence-corrected chi connectivity index (χ2v) is 6.32. The summed E-state index contributed by atoms with van der Waals surface area (Å²) >= 11 is 0. The zero-order chi connectivity index (χ0) is 12.0. The molecule has 0 aromatic carbocycles. The lowest BCUT2D eigenvalue weighted by atomic mass is 10.1. The predicted molar refractivity (Wildman–Crippen MR) is 68.2 cm³/mol. The van der Waals surface area contributed by atoms with Gasteiger partial charge in [-0.1, -0.05) is 6.42 Å². The molecule has 1 aliphatic rings. The van der Waals surface area contributed by atoms with Crippen molar-refractivity contribution in [2.45, 2.75) is 31.7 Å². The molecule has 1 N–H and O–H groups in total. The van der Waals surface area contributed by atoms with Gasteiger partial charge < -0.3 is 10.1 Å². The van der Waals surface area contributed by atoms with Crippen LogP contribution in [0.1, 0.15) is 25.7 Å².